The normalized spacial score (nSPS) is 10.8. The number of nitrogens with zero attached hydrogens (tertiary/aromatic N) is 1. The van der Waals surface area contributed by atoms with Crippen LogP contribution in [0, 0.1) is 0 Å². The van der Waals surface area contributed by atoms with Crippen molar-refractivity contribution in [3.63, 3.8) is 0 Å². The number of hydrogen-bond donors (Lipinski definition) is 1. The first-order chi connectivity index (χ1) is 6.72. The molecule has 3 heteroatoms. The highest BCUT2D eigenvalue weighted by Crippen LogP contribution is 2.08. The number of likely N-dealkylation sites (N-methyl/N-ethyl adjacent to an activating group) is 2. The summed E-state index contributed by atoms with van der Waals surface area (Å²) < 4.78 is 0. The van der Waals surface area contributed by atoms with E-state index < -0.39 is 0 Å². The van der Waals surface area contributed by atoms with Gasteiger partial charge >= 0.3 is 0 Å². The molecule has 0 aliphatic heterocycles. The Morgan fingerprint density at radius 2 is 2.43 bits per heavy atom. The summed E-state index contributed by atoms with van der Waals surface area (Å²) in [5.74, 6) is 0. The second-order valence-corrected chi connectivity index (χ2v) is 4.36. The molecule has 0 saturated carbocycles. The maximum absolute atomic E-state index is 4.01. The predicted octanol–water partition coefficient (Wildman–Crippen LogP) is 1.96. The van der Waals surface area contributed by atoms with Crippen molar-refractivity contribution in [3.8, 4) is 0 Å². The standard InChI is InChI=1S/C11H18N2S/c1-10(6-12-2)7-13(3)8-11-4-5-14-9-11/h4-5,9,12H,1,6-8H2,2-3H3. The average Bonchev–Trinajstić information content (AvgIpc) is 2.56. The molecule has 0 bridgehead atoms. The van der Waals surface area contributed by atoms with E-state index in [1.54, 1.807) is 11.3 Å². The van der Waals surface area contributed by atoms with Crippen LogP contribution in [0.25, 0.3) is 0 Å². The van der Waals surface area contributed by atoms with Gasteiger partial charge in [0.1, 0.15) is 0 Å². The first-order valence-electron chi connectivity index (χ1n) is 4.73. The van der Waals surface area contributed by atoms with Gasteiger partial charge in [0, 0.05) is 19.6 Å². The van der Waals surface area contributed by atoms with Crippen molar-refractivity contribution in [2.24, 2.45) is 0 Å². The van der Waals surface area contributed by atoms with Gasteiger partial charge in [-0.3, -0.25) is 4.90 Å². The molecule has 0 fully saturated rings. The monoisotopic (exact) mass is 210 g/mol. The number of nitrogens with one attached hydrogen (secondary N) is 1. The second-order valence-electron chi connectivity index (χ2n) is 3.58. The molecule has 0 aromatic carbocycles. The maximum Gasteiger partial charge on any atom is 0.0242 e. The van der Waals surface area contributed by atoms with E-state index in [2.05, 4.69) is 40.7 Å². The van der Waals surface area contributed by atoms with Gasteiger partial charge in [0.2, 0.25) is 0 Å². The molecule has 0 spiro atoms. The van der Waals surface area contributed by atoms with E-state index in [-0.39, 0.29) is 0 Å². The van der Waals surface area contributed by atoms with Gasteiger partial charge in [0.25, 0.3) is 0 Å². The zero-order valence-electron chi connectivity index (χ0n) is 8.92. The van der Waals surface area contributed by atoms with E-state index in [0.29, 0.717) is 0 Å². The zero-order chi connectivity index (χ0) is 10.4. The lowest BCUT2D eigenvalue weighted by molar-refractivity contribution is 0.353. The Kier molecular flexibility index (Phi) is 4.87. The third-order valence-electron chi connectivity index (χ3n) is 1.95. The Morgan fingerprint density at radius 1 is 1.64 bits per heavy atom. The Morgan fingerprint density at radius 3 is 3.00 bits per heavy atom. The predicted molar refractivity (Wildman–Crippen MR) is 63.7 cm³/mol. The third-order valence-corrected chi connectivity index (χ3v) is 2.68. The summed E-state index contributed by atoms with van der Waals surface area (Å²) in [6, 6.07) is 2.17. The Hall–Kier alpha value is -0.640. The van der Waals surface area contributed by atoms with E-state index >= 15 is 0 Å². The molecule has 0 saturated heterocycles. The van der Waals surface area contributed by atoms with Crippen LogP contribution in [0.4, 0.5) is 0 Å². The summed E-state index contributed by atoms with van der Waals surface area (Å²) in [4.78, 5) is 2.28. The van der Waals surface area contributed by atoms with E-state index in [0.717, 1.165) is 19.6 Å². The molecule has 0 aliphatic rings. The molecule has 1 aromatic heterocycles. The lowest BCUT2D eigenvalue weighted by Gasteiger charge is -2.17. The van der Waals surface area contributed by atoms with Crippen LogP contribution in [0.3, 0.4) is 0 Å². The zero-order valence-corrected chi connectivity index (χ0v) is 9.73. The molecule has 14 heavy (non-hydrogen) atoms. The summed E-state index contributed by atoms with van der Waals surface area (Å²) in [6.45, 7) is 6.87. The largest absolute Gasteiger partial charge is 0.316 e. The first kappa shape index (κ1) is 11.4. The van der Waals surface area contributed by atoms with Crippen molar-refractivity contribution in [1.82, 2.24) is 10.2 Å². The Balaban J connectivity index is 2.29. The minimum atomic E-state index is 0.897. The highest BCUT2D eigenvalue weighted by molar-refractivity contribution is 7.07. The van der Waals surface area contributed by atoms with E-state index in [1.165, 1.54) is 11.1 Å². The molecule has 1 heterocycles. The van der Waals surface area contributed by atoms with Gasteiger partial charge in [-0.05, 0) is 42.1 Å². The average molecular weight is 210 g/mol. The van der Waals surface area contributed by atoms with Crippen LogP contribution in [0.15, 0.2) is 29.0 Å². The number of hydrogen-bond acceptors (Lipinski definition) is 3. The molecule has 78 valence electrons. The second kappa shape index (κ2) is 5.96. The van der Waals surface area contributed by atoms with Crippen molar-refractivity contribution in [1.29, 1.82) is 0 Å². The van der Waals surface area contributed by atoms with Gasteiger partial charge in [0.15, 0.2) is 0 Å². The van der Waals surface area contributed by atoms with Gasteiger partial charge < -0.3 is 5.32 Å². The quantitative estimate of drug-likeness (QED) is 0.722. The smallest absolute Gasteiger partial charge is 0.0242 e. The van der Waals surface area contributed by atoms with Crippen LogP contribution in [-0.4, -0.2) is 32.1 Å². The highest BCUT2D eigenvalue weighted by atomic mass is 32.1. The highest BCUT2D eigenvalue weighted by Gasteiger charge is 2.02. The van der Waals surface area contributed by atoms with Gasteiger partial charge in [-0.15, -0.1) is 0 Å². The Bertz CT molecular complexity index is 267. The maximum atomic E-state index is 4.01. The molecule has 1 N–H and O–H groups in total. The summed E-state index contributed by atoms with van der Waals surface area (Å²) in [6.07, 6.45) is 0. The Labute approximate surface area is 90.2 Å². The summed E-state index contributed by atoms with van der Waals surface area (Å²) in [7, 11) is 4.07. The summed E-state index contributed by atoms with van der Waals surface area (Å²) in [5, 5.41) is 7.42. The molecule has 1 aromatic rings. The van der Waals surface area contributed by atoms with Crippen molar-refractivity contribution < 1.29 is 0 Å². The summed E-state index contributed by atoms with van der Waals surface area (Å²) in [5.41, 5.74) is 2.61. The van der Waals surface area contributed by atoms with Crippen molar-refractivity contribution in [2.45, 2.75) is 6.54 Å². The van der Waals surface area contributed by atoms with Gasteiger partial charge in [-0.1, -0.05) is 6.58 Å². The number of thiophene rings is 1. The van der Waals surface area contributed by atoms with Gasteiger partial charge in [0.05, 0.1) is 0 Å². The minimum absolute atomic E-state index is 0.897. The van der Waals surface area contributed by atoms with Crippen LogP contribution >= 0.6 is 11.3 Å². The fourth-order valence-corrected chi connectivity index (χ4v) is 2.10. The van der Waals surface area contributed by atoms with Crippen molar-refractivity contribution >= 4 is 11.3 Å². The van der Waals surface area contributed by atoms with Crippen LogP contribution in [-0.2, 0) is 6.54 Å². The minimum Gasteiger partial charge on any atom is -0.316 e. The van der Waals surface area contributed by atoms with Crippen LogP contribution in [0.5, 0.6) is 0 Å². The van der Waals surface area contributed by atoms with E-state index in [1.807, 2.05) is 7.05 Å². The molecule has 0 radical (unpaired) electrons. The van der Waals surface area contributed by atoms with Crippen LogP contribution in [0.2, 0.25) is 0 Å². The summed E-state index contributed by atoms with van der Waals surface area (Å²) >= 11 is 1.75. The lowest BCUT2D eigenvalue weighted by Crippen LogP contribution is -2.24. The fourth-order valence-electron chi connectivity index (χ4n) is 1.44. The molecular weight excluding hydrogens is 192 g/mol. The number of rotatable bonds is 6. The molecule has 0 aliphatic carbocycles. The first-order valence-corrected chi connectivity index (χ1v) is 5.67. The SMILES string of the molecule is C=C(CNC)CN(C)Cc1ccsc1. The topological polar surface area (TPSA) is 15.3 Å². The van der Waals surface area contributed by atoms with E-state index in [4.69, 9.17) is 0 Å². The lowest BCUT2D eigenvalue weighted by atomic mass is 10.2. The molecular formula is C11H18N2S. The molecule has 0 atom stereocenters. The van der Waals surface area contributed by atoms with Gasteiger partial charge in [-0.25, -0.2) is 0 Å². The van der Waals surface area contributed by atoms with Crippen molar-refractivity contribution in [3.05, 3.63) is 34.5 Å². The third kappa shape index (κ3) is 4.05. The molecule has 1 rings (SSSR count). The fraction of sp³-hybridized carbons (Fsp3) is 0.455. The molecule has 0 amide bonds. The van der Waals surface area contributed by atoms with Crippen molar-refractivity contribution in [2.75, 3.05) is 27.2 Å². The van der Waals surface area contributed by atoms with E-state index in [9.17, 15) is 0 Å². The molecule has 2 nitrogen and oxygen atoms in total. The van der Waals surface area contributed by atoms with Gasteiger partial charge in [-0.2, -0.15) is 11.3 Å². The van der Waals surface area contributed by atoms with Crippen LogP contribution in [0.1, 0.15) is 5.56 Å². The molecule has 0 unspecified atom stereocenters. The van der Waals surface area contributed by atoms with Crippen LogP contribution < -0.4 is 5.32 Å².